The van der Waals surface area contributed by atoms with E-state index in [0.717, 1.165) is 5.56 Å². The lowest BCUT2D eigenvalue weighted by Crippen LogP contribution is -2.46. The van der Waals surface area contributed by atoms with Gasteiger partial charge in [0.1, 0.15) is 6.61 Å². The van der Waals surface area contributed by atoms with Gasteiger partial charge in [-0.05, 0) is 32.8 Å². The average Bonchev–Trinajstić information content (AvgIpc) is 2.36. The third-order valence-corrected chi connectivity index (χ3v) is 2.78. The van der Waals surface area contributed by atoms with Crippen LogP contribution in [0.15, 0.2) is 30.3 Å². The first-order valence-corrected chi connectivity index (χ1v) is 6.54. The Labute approximate surface area is 115 Å². The van der Waals surface area contributed by atoms with Crippen LogP contribution in [0, 0.1) is 0 Å². The van der Waals surface area contributed by atoms with Crippen LogP contribution < -0.4 is 0 Å². The Kier molecular flexibility index (Phi) is 5.83. The number of aliphatic hydroxyl groups is 1. The van der Waals surface area contributed by atoms with E-state index in [4.69, 9.17) is 9.84 Å². The zero-order valence-corrected chi connectivity index (χ0v) is 11.9. The van der Waals surface area contributed by atoms with Crippen LogP contribution in [0.5, 0.6) is 0 Å². The van der Waals surface area contributed by atoms with Gasteiger partial charge in [-0.1, -0.05) is 30.3 Å². The number of hydrogen-bond donors (Lipinski definition) is 1. The van der Waals surface area contributed by atoms with E-state index >= 15 is 0 Å². The minimum absolute atomic E-state index is 0.0680. The summed E-state index contributed by atoms with van der Waals surface area (Å²) in [7, 11) is 0. The highest BCUT2D eigenvalue weighted by atomic mass is 16.6. The highest BCUT2D eigenvalue weighted by Gasteiger charge is 2.27. The summed E-state index contributed by atoms with van der Waals surface area (Å²) in [4.78, 5) is 13.7. The van der Waals surface area contributed by atoms with Crippen molar-refractivity contribution in [2.45, 2.75) is 39.3 Å². The van der Waals surface area contributed by atoms with Crippen molar-refractivity contribution in [1.82, 2.24) is 4.90 Å². The number of aliphatic hydroxyl groups excluding tert-OH is 1. The first-order chi connectivity index (χ1) is 8.95. The van der Waals surface area contributed by atoms with Crippen LogP contribution in [-0.4, -0.2) is 34.8 Å². The Morgan fingerprint density at radius 1 is 1.26 bits per heavy atom. The number of rotatable bonds is 5. The quantitative estimate of drug-likeness (QED) is 0.890. The minimum atomic E-state index is -0.343. The molecule has 19 heavy (non-hydrogen) atoms. The maximum atomic E-state index is 12.1. The molecule has 4 heteroatoms. The first-order valence-electron chi connectivity index (χ1n) is 6.54. The van der Waals surface area contributed by atoms with Crippen molar-refractivity contribution in [2.75, 3.05) is 13.2 Å². The second kappa shape index (κ2) is 7.14. The zero-order valence-electron chi connectivity index (χ0n) is 11.9. The summed E-state index contributed by atoms with van der Waals surface area (Å²) < 4.78 is 5.32. The molecule has 1 aromatic carbocycles. The molecule has 0 heterocycles. The fraction of sp³-hybridized carbons (Fsp3) is 0.533. The predicted octanol–water partition coefficient (Wildman–Crippen LogP) is 2.81. The summed E-state index contributed by atoms with van der Waals surface area (Å²) >= 11 is 0. The fourth-order valence-corrected chi connectivity index (χ4v) is 1.73. The van der Waals surface area contributed by atoms with Crippen molar-refractivity contribution in [2.24, 2.45) is 0 Å². The molecule has 0 aliphatic rings. The SMILES string of the molecule is CC(C)(C)N(CCCO)C(=O)OCc1ccccc1. The molecule has 0 aliphatic carbocycles. The Balaban J connectivity index is 2.57. The molecule has 1 amide bonds. The largest absolute Gasteiger partial charge is 0.445 e. The molecule has 0 aromatic heterocycles. The van der Waals surface area contributed by atoms with Crippen molar-refractivity contribution >= 4 is 6.09 Å². The van der Waals surface area contributed by atoms with Gasteiger partial charge in [-0.25, -0.2) is 4.79 Å². The van der Waals surface area contributed by atoms with Crippen LogP contribution in [0.4, 0.5) is 4.79 Å². The Hall–Kier alpha value is -1.55. The molecule has 0 bridgehead atoms. The van der Waals surface area contributed by atoms with E-state index in [9.17, 15) is 4.79 Å². The first kappa shape index (κ1) is 15.5. The van der Waals surface area contributed by atoms with Gasteiger partial charge in [0, 0.05) is 18.7 Å². The minimum Gasteiger partial charge on any atom is -0.445 e. The van der Waals surface area contributed by atoms with Gasteiger partial charge in [0.2, 0.25) is 0 Å². The van der Waals surface area contributed by atoms with E-state index in [-0.39, 0.29) is 24.8 Å². The summed E-state index contributed by atoms with van der Waals surface area (Å²) in [6.07, 6.45) is 0.211. The second-order valence-electron chi connectivity index (χ2n) is 5.44. The van der Waals surface area contributed by atoms with Crippen molar-refractivity contribution < 1.29 is 14.6 Å². The summed E-state index contributed by atoms with van der Waals surface area (Å²) in [5.74, 6) is 0. The van der Waals surface area contributed by atoms with E-state index in [1.54, 1.807) is 4.90 Å². The number of carbonyl (C=O) groups excluding carboxylic acids is 1. The van der Waals surface area contributed by atoms with Crippen molar-refractivity contribution in [3.05, 3.63) is 35.9 Å². The van der Waals surface area contributed by atoms with E-state index < -0.39 is 0 Å². The van der Waals surface area contributed by atoms with Gasteiger partial charge in [-0.3, -0.25) is 0 Å². The lowest BCUT2D eigenvalue weighted by atomic mass is 10.1. The lowest BCUT2D eigenvalue weighted by Gasteiger charge is -2.34. The van der Waals surface area contributed by atoms with Gasteiger partial charge in [-0.2, -0.15) is 0 Å². The predicted molar refractivity (Wildman–Crippen MR) is 74.8 cm³/mol. The molecule has 0 radical (unpaired) electrons. The van der Waals surface area contributed by atoms with Crippen LogP contribution in [0.25, 0.3) is 0 Å². The third kappa shape index (κ3) is 5.30. The fourth-order valence-electron chi connectivity index (χ4n) is 1.73. The summed E-state index contributed by atoms with van der Waals surface area (Å²) in [6, 6.07) is 9.59. The molecule has 106 valence electrons. The second-order valence-corrected chi connectivity index (χ2v) is 5.44. The standard InChI is InChI=1S/C15H23NO3/c1-15(2,3)16(10-7-11-17)14(18)19-12-13-8-5-4-6-9-13/h4-6,8-9,17H,7,10-12H2,1-3H3. The van der Waals surface area contributed by atoms with Gasteiger partial charge in [0.05, 0.1) is 0 Å². The van der Waals surface area contributed by atoms with Gasteiger partial charge in [-0.15, -0.1) is 0 Å². The number of nitrogens with zero attached hydrogens (tertiary/aromatic N) is 1. The zero-order chi connectivity index (χ0) is 14.3. The average molecular weight is 265 g/mol. The number of carbonyl (C=O) groups is 1. The van der Waals surface area contributed by atoms with Crippen LogP contribution in [0.1, 0.15) is 32.8 Å². The molecular weight excluding hydrogens is 242 g/mol. The Morgan fingerprint density at radius 2 is 1.89 bits per heavy atom. The maximum absolute atomic E-state index is 12.1. The Bertz CT molecular complexity index is 384. The van der Waals surface area contributed by atoms with Gasteiger partial charge < -0.3 is 14.7 Å². The molecule has 0 saturated heterocycles. The number of hydrogen-bond acceptors (Lipinski definition) is 3. The topological polar surface area (TPSA) is 49.8 Å². The van der Waals surface area contributed by atoms with Gasteiger partial charge >= 0.3 is 6.09 Å². The van der Waals surface area contributed by atoms with E-state index in [2.05, 4.69) is 0 Å². The highest BCUT2D eigenvalue weighted by molar-refractivity contribution is 5.68. The molecule has 0 atom stereocenters. The van der Waals surface area contributed by atoms with E-state index in [0.29, 0.717) is 13.0 Å². The molecule has 1 aromatic rings. The third-order valence-electron chi connectivity index (χ3n) is 2.78. The van der Waals surface area contributed by atoms with E-state index in [1.807, 2.05) is 51.1 Å². The molecule has 0 spiro atoms. The summed E-state index contributed by atoms with van der Waals surface area (Å²) in [5, 5.41) is 8.89. The molecule has 0 fully saturated rings. The lowest BCUT2D eigenvalue weighted by molar-refractivity contribution is 0.0597. The van der Waals surface area contributed by atoms with Crippen LogP contribution in [-0.2, 0) is 11.3 Å². The number of benzene rings is 1. The monoisotopic (exact) mass is 265 g/mol. The summed E-state index contributed by atoms with van der Waals surface area (Å²) in [6.45, 7) is 6.69. The van der Waals surface area contributed by atoms with Crippen LogP contribution in [0.3, 0.4) is 0 Å². The van der Waals surface area contributed by atoms with Gasteiger partial charge in [0.15, 0.2) is 0 Å². The van der Waals surface area contributed by atoms with Crippen molar-refractivity contribution in [3.8, 4) is 0 Å². The molecule has 0 saturated carbocycles. The molecule has 4 nitrogen and oxygen atoms in total. The molecule has 1 N–H and O–H groups in total. The number of amides is 1. The number of ether oxygens (including phenoxy) is 1. The van der Waals surface area contributed by atoms with Gasteiger partial charge in [0.25, 0.3) is 0 Å². The molecule has 1 rings (SSSR count). The van der Waals surface area contributed by atoms with Crippen molar-refractivity contribution in [3.63, 3.8) is 0 Å². The maximum Gasteiger partial charge on any atom is 0.410 e. The van der Waals surface area contributed by atoms with Crippen LogP contribution >= 0.6 is 0 Å². The molecule has 0 aliphatic heterocycles. The highest BCUT2D eigenvalue weighted by Crippen LogP contribution is 2.16. The van der Waals surface area contributed by atoms with Crippen LogP contribution in [0.2, 0.25) is 0 Å². The smallest absolute Gasteiger partial charge is 0.410 e. The normalized spacial score (nSPS) is 11.2. The Morgan fingerprint density at radius 3 is 2.42 bits per heavy atom. The summed E-state index contributed by atoms with van der Waals surface area (Å²) in [5.41, 5.74) is 0.648. The van der Waals surface area contributed by atoms with E-state index in [1.165, 1.54) is 0 Å². The van der Waals surface area contributed by atoms with Crippen molar-refractivity contribution in [1.29, 1.82) is 0 Å². The molecule has 0 unspecified atom stereocenters. The molecular formula is C15H23NO3.